The minimum absolute atomic E-state index is 0.305. The van der Waals surface area contributed by atoms with Gasteiger partial charge in [-0.3, -0.25) is 4.99 Å². The summed E-state index contributed by atoms with van der Waals surface area (Å²) in [7, 11) is 0. The molecule has 1 atom stereocenters. The maximum Gasteiger partial charge on any atom is 0.143 e. The summed E-state index contributed by atoms with van der Waals surface area (Å²) >= 11 is 0. The van der Waals surface area contributed by atoms with Crippen LogP contribution in [0.15, 0.2) is 179 Å². The summed E-state index contributed by atoms with van der Waals surface area (Å²) in [5.74, 6) is 0. The molecule has 1 unspecified atom stereocenters. The Morgan fingerprint density at radius 2 is 1.13 bits per heavy atom. The number of nitrogens with zero attached hydrogens (tertiary/aromatic N) is 2. The Bertz CT molecular complexity index is 2470. The fraction of sp³-hybridized carbons (Fsp3) is 0.0227. The van der Waals surface area contributed by atoms with Crippen LogP contribution in [0.1, 0.15) is 22.9 Å². The standard InChI is InChI=1S/C44H29N2O/c1-2-10-34(11-3-1)44-45-40(28-41(46-44)36-26-21-29-9-4-5-12-35(29)27-36)33-24-19-31(20-25-33)30-17-22-32(23-18-30)37-14-8-15-39-38-13-6-7-16-42(38)47-43(37)39/h1-28,44H/q-1. The third-order valence-corrected chi connectivity index (χ3v) is 9.05. The molecule has 3 heteroatoms. The van der Waals surface area contributed by atoms with E-state index in [0.717, 1.165) is 72.3 Å². The highest BCUT2D eigenvalue weighted by atomic mass is 16.3. The second-order valence-corrected chi connectivity index (χ2v) is 12.0. The summed E-state index contributed by atoms with van der Waals surface area (Å²) in [6.45, 7) is 0. The fourth-order valence-electron chi connectivity index (χ4n) is 6.59. The fourth-order valence-corrected chi connectivity index (χ4v) is 6.59. The molecule has 1 aliphatic heterocycles. The van der Waals surface area contributed by atoms with Gasteiger partial charge in [-0.1, -0.05) is 158 Å². The number of benzene rings is 7. The van der Waals surface area contributed by atoms with E-state index in [-0.39, 0.29) is 6.17 Å². The SMILES string of the molecule is C1=C(c2ccc(-c3ccc(-c4cccc5c4oc4ccccc45)cc3)cc2)[N-]C(c2ccccc2)N=C1c1ccc2ccccc2c1. The predicted octanol–water partition coefficient (Wildman–Crippen LogP) is 12.0. The van der Waals surface area contributed by atoms with Gasteiger partial charge in [0.05, 0.1) is 5.71 Å². The lowest BCUT2D eigenvalue weighted by atomic mass is 9.97. The van der Waals surface area contributed by atoms with E-state index in [2.05, 4.69) is 140 Å². The van der Waals surface area contributed by atoms with Crippen molar-refractivity contribution < 1.29 is 4.42 Å². The first kappa shape index (κ1) is 27.1. The van der Waals surface area contributed by atoms with Crippen LogP contribution in [0, 0.1) is 0 Å². The molecule has 7 aromatic carbocycles. The van der Waals surface area contributed by atoms with Crippen LogP contribution >= 0.6 is 0 Å². The van der Waals surface area contributed by atoms with Crippen LogP contribution in [-0.4, -0.2) is 5.71 Å². The van der Waals surface area contributed by atoms with Crippen LogP contribution in [0.2, 0.25) is 0 Å². The third-order valence-electron chi connectivity index (χ3n) is 9.05. The van der Waals surface area contributed by atoms with E-state index < -0.39 is 0 Å². The Labute approximate surface area is 273 Å². The Hall–Kier alpha value is -6.19. The highest BCUT2D eigenvalue weighted by Gasteiger charge is 2.14. The summed E-state index contributed by atoms with van der Waals surface area (Å²) in [6, 6.07) is 57.3. The number of hydrogen-bond acceptors (Lipinski definition) is 2. The maximum atomic E-state index is 6.29. The lowest BCUT2D eigenvalue weighted by Crippen LogP contribution is -2.09. The monoisotopic (exact) mass is 601 g/mol. The molecule has 0 amide bonds. The molecule has 0 saturated carbocycles. The molecule has 0 spiro atoms. The summed E-state index contributed by atoms with van der Waals surface area (Å²) in [6.07, 6.45) is 1.81. The number of allylic oxidation sites excluding steroid dienone is 1. The van der Waals surface area contributed by atoms with Crippen LogP contribution in [0.25, 0.3) is 66.0 Å². The van der Waals surface area contributed by atoms with Gasteiger partial charge in [0.25, 0.3) is 0 Å². The van der Waals surface area contributed by atoms with Gasteiger partial charge in [-0.15, -0.1) is 5.70 Å². The van der Waals surface area contributed by atoms with Crippen molar-refractivity contribution in [1.29, 1.82) is 0 Å². The summed E-state index contributed by atoms with van der Waals surface area (Å²) in [4.78, 5) is 5.10. The highest BCUT2D eigenvalue weighted by molar-refractivity contribution is 6.15. The Morgan fingerprint density at radius 1 is 0.489 bits per heavy atom. The molecule has 2 heterocycles. The van der Waals surface area contributed by atoms with E-state index in [1.807, 2.05) is 30.3 Å². The zero-order valence-corrected chi connectivity index (χ0v) is 25.5. The van der Waals surface area contributed by atoms with Gasteiger partial charge in [-0.05, 0) is 50.7 Å². The molecular weight excluding hydrogens is 572 g/mol. The van der Waals surface area contributed by atoms with Crippen molar-refractivity contribution >= 4 is 44.1 Å². The van der Waals surface area contributed by atoms with Crippen molar-refractivity contribution in [3.8, 4) is 22.3 Å². The van der Waals surface area contributed by atoms with Crippen LogP contribution in [-0.2, 0) is 0 Å². The Balaban J connectivity index is 1.03. The average Bonchev–Trinajstić information content (AvgIpc) is 3.54. The van der Waals surface area contributed by atoms with Crippen LogP contribution in [0.4, 0.5) is 0 Å². The highest BCUT2D eigenvalue weighted by Crippen LogP contribution is 2.39. The zero-order chi connectivity index (χ0) is 31.2. The molecule has 1 aromatic heterocycles. The van der Waals surface area contributed by atoms with Crippen molar-refractivity contribution in [1.82, 2.24) is 0 Å². The molecule has 1 aliphatic rings. The molecule has 8 aromatic rings. The van der Waals surface area contributed by atoms with E-state index in [9.17, 15) is 0 Å². The first-order valence-corrected chi connectivity index (χ1v) is 15.9. The number of para-hydroxylation sites is 2. The van der Waals surface area contributed by atoms with Gasteiger partial charge in [-0.2, -0.15) is 0 Å². The molecule has 0 aliphatic carbocycles. The van der Waals surface area contributed by atoms with Crippen molar-refractivity contribution in [2.75, 3.05) is 0 Å². The predicted molar refractivity (Wildman–Crippen MR) is 196 cm³/mol. The molecule has 0 radical (unpaired) electrons. The lowest BCUT2D eigenvalue weighted by molar-refractivity contribution is 0.670. The molecule has 0 N–H and O–H groups in total. The number of furan rings is 1. The normalized spacial score (nSPS) is 14.6. The van der Waals surface area contributed by atoms with Crippen molar-refractivity contribution in [3.05, 3.63) is 192 Å². The van der Waals surface area contributed by atoms with Crippen molar-refractivity contribution in [3.63, 3.8) is 0 Å². The number of fused-ring (bicyclic) bond motifs is 4. The molecule has 0 bridgehead atoms. The van der Waals surface area contributed by atoms with Gasteiger partial charge < -0.3 is 9.73 Å². The number of aliphatic imine (C=N–C) groups is 1. The molecule has 9 rings (SSSR count). The minimum Gasteiger partial charge on any atom is -0.659 e. The Kier molecular flexibility index (Phi) is 6.53. The van der Waals surface area contributed by atoms with Gasteiger partial charge in [0.1, 0.15) is 11.2 Å². The van der Waals surface area contributed by atoms with Crippen LogP contribution in [0.3, 0.4) is 0 Å². The van der Waals surface area contributed by atoms with Crippen LogP contribution in [0.5, 0.6) is 0 Å². The van der Waals surface area contributed by atoms with E-state index in [1.54, 1.807) is 0 Å². The van der Waals surface area contributed by atoms with E-state index in [0.29, 0.717) is 0 Å². The topological polar surface area (TPSA) is 39.6 Å². The average molecular weight is 602 g/mol. The van der Waals surface area contributed by atoms with E-state index in [1.165, 1.54) is 10.8 Å². The first-order chi connectivity index (χ1) is 23.3. The molecular formula is C44H29N2O-. The van der Waals surface area contributed by atoms with Gasteiger partial charge in [0.2, 0.25) is 0 Å². The minimum atomic E-state index is -0.305. The van der Waals surface area contributed by atoms with Gasteiger partial charge in [0.15, 0.2) is 0 Å². The van der Waals surface area contributed by atoms with Gasteiger partial charge >= 0.3 is 0 Å². The second kappa shape index (κ2) is 11.3. The lowest BCUT2D eigenvalue weighted by Gasteiger charge is -2.37. The van der Waals surface area contributed by atoms with Crippen molar-refractivity contribution in [2.45, 2.75) is 6.17 Å². The number of rotatable bonds is 5. The first-order valence-electron chi connectivity index (χ1n) is 15.9. The Morgan fingerprint density at radius 3 is 1.94 bits per heavy atom. The molecule has 0 saturated heterocycles. The van der Waals surface area contributed by atoms with Gasteiger partial charge in [0, 0.05) is 28.1 Å². The molecule has 0 fully saturated rings. The summed E-state index contributed by atoms with van der Waals surface area (Å²) < 4.78 is 6.29. The molecule has 3 nitrogen and oxygen atoms in total. The quantitative estimate of drug-likeness (QED) is 0.193. The largest absolute Gasteiger partial charge is 0.659 e. The zero-order valence-electron chi connectivity index (χ0n) is 25.5. The summed E-state index contributed by atoms with van der Waals surface area (Å²) in [5.41, 5.74) is 11.5. The van der Waals surface area contributed by atoms with Crippen LogP contribution < -0.4 is 0 Å². The molecule has 222 valence electrons. The van der Waals surface area contributed by atoms with Crippen molar-refractivity contribution in [2.24, 2.45) is 4.99 Å². The summed E-state index contributed by atoms with van der Waals surface area (Å²) in [5, 5.41) is 9.82. The van der Waals surface area contributed by atoms with Gasteiger partial charge in [-0.25, -0.2) is 0 Å². The second-order valence-electron chi connectivity index (χ2n) is 12.0. The smallest absolute Gasteiger partial charge is 0.143 e. The maximum absolute atomic E-state index is 6.29. The number of hydrogen-bond donors (Lipinski definition) is 0. The van der Waals surface area contributed by atoms with E-state index >= 15 is 0 Å². The third kappa shape index (κ3) is 4.99. The molecule has 47 heavy (non-hydrogen) atoms. The van der Waals surface area contributed by atoms with E-state index in [4.69, 9.17) is 14.7 Å².